The summed E-state index contributed by atoms with van der Waals surface area (Å²) >= 11 is 0. The van der Waals surface area contributed by atoms with Gasteiger partial charge in [0.25, 0.3) is 0 Å². The van der Waals surface area contributed by atoms with Crippen LogP contribution in [-0.2, 0) is 9.53 Å². The predicted octanol–water partition coefficient (Wildman–Crippen LogP) is 1.63. The molecular formula is C13H24N2O3. The van der Waals surface area contributed by atoms with Crippen molar-refractivity contribution in [1.82, 2.24) is 10.2 Å². The maximum absolute atomic E-state index is 11.8. The third-order valence-electron chi connectivity index (χ3n) is 3.06. The highest BCUT2D eigenvalue weighted by atomic mass is 16.5. The van der Waals surface area contributed by atoms with Gasteiger partial charge in [-0.15, -0.1) is 0 Å². The molecule has 0 aromatic rings. The third-order valence-corrected chi connectivity index (χ3v) is 3.06. The van der Waals surface area contributed by atoms with Crippen LogP contribution < -0.4 is 5.32 Å². The molecule has 0 aliphatic carbocycles. The molecule has 18 heavy (non-hydrogen) atoms. The lowest BCUT2D eigenvalue weighted by Crippen LogP contribution is -2.46. The first-order valence-corrected chi connectivity index (χ1v) is 6.74. The number of hydrogen-bond acceptors (Lipinski definition) is 3. The molecule has 0 aromatic heterocycles. The monoisotopic (exact) mass is 256 g/mol. The summed E-state index contributed by atoms with van der Waals surface area (Å²) in [5, 5.41) is 2.89. The van der Waals surface area contributed by atoms with Crippen molar-refractivity contribution in [3.8, 4) is 0 Å². The minimum atomic E-state index is -0.125. The van der Waals surface area contributed by atoms with Gasteiger partial charge in [-0.2, -0.15) is 0 Å². The van der Waals surface area contributed by atoms with E-state index in [0.29, 0.717) is 45.0 Å². The van der Waals surface area contributed by atoms with Gasteiger partial charge in [0, 0.05) is 19.6 Å². The fraction of sp³-hybridized carbons (Fsp3) is 0.846. The van der Waals surface area contributed by atoms with Crippen LogP contribution in [0.5, 0.6) is 0 Å². The zero-order chi connectivity index (χ0) is 13.5. The number of rotatable bonds is 4. The van der Waals surface area contributed by atoms with Gasteiger partial charge in [-0.3, -0.25) is 4.79 Å². The number of likely N-dealkylation sites (tertiary alicyclic amines) is 1. The van der Waals surface area contributed by atoms with Crippen LogP contribution in [0.2, 0.25) is 0 Å². The van der Waals surface area contributed by atoms with Gasteiger partial charge in [0.15, 0.2) is 0 Å². The lowest BCUT2D eigenvalue weighted by molar-refractivity contribution is -0.149. The van der Waals surface area contributed by atoms with Gasteiger partial charge in [0.1, 0.15) is 0 Å². The summed E-state index contributed by atoms with van der Waals surface area (Å²) in [5.74, 6) is 0.282. The number of ether oxygens (including phenoxy) is 1. The second kappa shape index (κ2) is 7.24. The highest BCUT2D eigenvalue weighted by Crippen LogP contribution is 2.18. The van der Waals surface area contributed by atoms with Crippen LogP contribution in [0.25, 0.3) is 0 Å². The summed E-state index contributed by atoms with van der Waals surface area (Å²) in [4.78, 5) is 25.1. The van der Waals surface area contributed by atoms with Crippen LogP contribution in [0.15, 0.2) is 0 Å². The molecule has 1 fully saturated rings. The molecule has 1 saturated heterocycles. The van der Waals surface area contributed by atoms with Crippen LogP contribution >= 0.6 is 0 Å². The van der Waals surface area contributed by atoms with Gasteiger partial charge in [0.2, 0.25) is 0 Å². The molecule has 0 bridgehead atoms. The van der Waals surface area contributed by atoms with Crippen molar-refractivity contribution in [2.45, 2.75) is 33.6 Å². The Morgan fingerprint density at radius 3 is 2.44 bits per heavy atom. The van der Waals surface area contributed by atoms with E-state index in [-0.39, 0.29) is 17.9 Å². The highest BCUT2D eigenvalue weighted by Gasteiger charge is 2.27. The van der Waals surface area contributed by atoms with Crippen molar-refractivity contribution >= 4 is 12.0 Å². The predicted molar refractivity (Wildman–Crippen MR) is 69.2 cm³/mol. The van der Waals surface area contributed by atoms with E-state index in [4.69, 9.17) is 4.74 Å². The van der Waals surface area contributed by atoms with Gasteiger partial charge in [-0.05, 0) is 25.7 Å². The Morgan fingerprint density at radius 2 is 1.94 bits per heavy atom. The third kappa shape index (κ3) is 4.55. The molecule has 0 spiro atoms. The zero-order valence-electron chi connectivity index (χ0n) is 11.6. The quantitative estimate of drug-likeness (QED) is 0.778. The molecule has 1 heterocycles. The average molecular weight is 256 g/mol. The molecule has 1 aliphatic rings. The summed E-state index contributed by atoms with van der Waals surface area (Å²) < 4.78 is 5.00. The van der Waals surface area contributed by atoms with Crippen LogP contribution in [0.3, 0.4) is 0 Å². The molecule has 2 amide bonds. The van der Waals surface area contributed by atoms with E-state index in [2.05, 4.69) is 19.2 Å². The molecule has 1 rings (SSSR count). The van der Waals surface area contributed by atoms with Crippen LogP contribution in [0.4, 0.5) is 4.79 Å². The molecule has 0 atom stereocenters. The molecule has 1 N–H and O–H groups in total. The van der Waals surface area contributed by atoms with Gasteiger partial charge in [-0.25, -0.2) is 4.79 Å². The topological polar surface area (TPSA) is 58.6 Å². The average Bonchev–Trinajstić information content (AvgIpc) is 2.36. The van der Waals surface area contributed by atoms with E-state index in [0.717, 1.165) is 0 Å². The number of piperidine rings is 1. The van der Waals surface area contributed by atoms with Crippen molar-refractivity contribution in [1.29, 1.82) is 0 Å². The molecule has 0 unspecified atom stereocenters. The van der Waals surface area contributed by atoms with Gasteiger partial charge < -0.3 is 15.0 Å². The van der Waals surface area contributed by atoms with E-state index >= 15 is 0 Å². The van der Waals surface area contributed by atoms with E-state index in [1.165, 1.54) is 0 Å². The van der Waals surface area contributed by atoms with Crippen LogP contribution in [-0.4, -0.2) is 43.1 Å². The number of nitrogens with zero attached hydrogens (tertiary/aromatic N) is 1. The number of urea groups is 1. The van der Waals surface area contributed by atoms with Gasteiger partial charge >= 0.3 is 12.0 Å². The lowest BCUT2D eigenvalue weighted by Gasteiger charge is -2.31. The van der Waals surface area contributed by atoms with Crippen molar-refractivity contribution in [3.05, 3.63) is 0 Å². The summed E-state index contributed by atoms with van der Waals surface area (Å²) in [6.45, 7) is 8.32. The molecule has 0 saturated carbocycles. The summed E-state index contributed by atoms with van der Waals surface area (Å²) in [6.07, 6.45) is 1.40. The first-order chi connectivity index (χ1) is 8.54. The molecule has 1 aliphatic heterocycles. The molecule has 5 heteroatoms. The van der Waals surface area contributed by atoms with E-state index in [9.17, 15) is 9.59 Å². The van der Waals surface area contributed by atoms with Crippen molar-refractivity contribution in [2.75, 3.05) is 26.2 Å². The Kier molecular flexibility index (Phi) is 5.95. The van der Waals surface area contributed by atoms with Crippen LogP contribution in [0, 0.1) is 11.8 Å². The fourth-order valence-electron chi connectivity index (χ4n) is 1.98. The Labute approximate surface area is 109 Å². The minimum Gasteiger partial charge on any atom is -0.466 e. The second-order valence-electron chi connectivity index (χ2n) is 5.09. The lowest BCUT2D eigenvalue weighted by atomic mass is 9.97. The highest BCUT2D eigenvalue weighted by molar-refractivity contribution is 5.76. The standard InChI is InChI=1S/C13H24N2O3/c1-4-18-12(16)11-5-7-15(8-6-11)13(17)14-9-10(2)3/h10-11H,4-9H2,1-3H3,(H,14,17). The van der Waals surface area contributed by atoms with Crippen molar-refractivity contribution < 1.29 is 14.3 Å². The number of esters is 1. The number of amides is 2. The fourth-order valence-corrected chi connectivity index (χ4v) is 1.98. The molecule has 0 aromatic carbocycles. The summed E-state index contributed by atoms with van der Waals surface area (Å²) in [5.41, 5.74) is 0. The van der Waals surface area contributed by atoms with E-state index in [1.54, 1.807) is 4.90 Å². The summed E-state index contributed by atoms with van der Waals surface area (Å²) in [6, 6.07) is -0.0222. The second-order valence-corrected chi connectivity index (χ2v) is 5.09. The Balaban J connectivity index is 2.30. The smallest absolute Gasteiger partial charge is 0.317 e. The Hall–Kier alpha value is -1.26. The van der Waals surface area contributed by atoms with E-state index in [1.807, 2.05) is 6.92 Å². The first kappa shape index (κ1) is 14.8. The largest absolute Gasteiger partial charge is 0.466 e. The maximum atomic E-state index is 11.8. The zero-order valence-corrected chi connectivity index (χ0v) is 11.6. The number of carbonyl (C=O) groups is 2. The normalized spacial score (nSPS) is 16.8. The van der Waals surface area contributed by atoms with E-state index < -0.39 is 0 Å². The summed E-state index contributed by atoms with van der Waals surface area (Å²) in [7, 11) is 0. The molecule has 0 radical (unpaired) electrons. The minimum absolute atomic E-state index is 0.0222. The molecular weight excluding hydrogens is 232 g/mol. The number of hydrogen-bond donors (Lipinski definition) is 1. The van der Waals surface area contributed by atoms with Gasteiger partial charge in [-0.1, -0.05) is 13.8 Å². The maximum Gasteiger partial charge on any atom is 0.317 e. The Bertz CT molecular complexity index is 284. The number of nitrogens with one attached hydrogen (secondary N) is 1. The first-order valence-electron chi connectivity index (χ1n) is 6.74. The van der Waals surface area contributed by atoms with Crippen molar-refractivity contribution in [2.24, 2.45) is 11.8 Å². The number of carbonyl (C=O) groups excluding carboxylic acids is 2. The van der Waals surface area contributed by atoms with Gasteiger partial charge in [0.05, 0.1) is 12.5 Å². The van der Waals surface area contributed by atoms with Crippen molar-refractivity contribution in [3.63, 3.8) is 0 Å². The Morgan fingerprint density at radius 1 is 1.33 bits per heavy atom. The van der Waals surface area contributed by atoms with Crippen LogP contribution in [0.1, 0.15) is 33.6 Å². The SMILES string of the molecule is CCOC(=O)C1CCN(C(=O)NCC(C)C)CC1. The molecule has 104 valence electrons. The molecule has 5 nitrogen and oxygen atoms in total.